The van der Waals surface area contributed by atoms with Gasteiger partial charge in [-0.15, -0.1) is 0 Å². The van der Waals surface area contributed by atoms with E-state index in [1.165, 1.54) is 27.3 Å². The molecule has 30 heavy (non-hydrogen) atoms. The number of benzene rings is 1. The minimum atomic E-state index is -4.48. The van der Waals surface area contributed by atoms with Crippen molar-refractivity contribution in [1.82, 2.24) is 16.2 Å². The van der Waals surface area contributed by atoms with Crippen LogP contribution >= 0.6 is 0 Å². The Bertz CT molecular complexity index is 775. The Morgan fingerprint density at radius 2 is 1.93 bits per heavy atom. The second kappa shape index (κ2) is 12.2. The van der Waals surface area contributed by atoms with Gasteiger partial charge >= 0.3 is 6.18 Å². The van der Waals surface area contributed by atoms with Gasteiger partial charge < -0.3 is 9.47 Å². The zero-order chi connectivity index (χ0) is 22.7. The van der Waals surface area contributed by atoms with E-state index in [2.05, 4.69) is 21.2 Å². The molecular formula is C20H28F3N5O2. The Kier molecular flexibility index (Phi) is 10.3. The van der Waals surface area contributed by atoms with Crippen LogP contribution in [0.1, 0.15) is 31.9 Å². The number of allylic oxidation sites excluding steroid dienone is 2. The molecular weight excluding hydrogens is 399 g/mol. The fourth-order valence-electron chi connectivity index (χ4n) is 2.86. The lowest BCUT2D eigenvalue weighted by molar-refractivity contribution is -0.161. The molecule has 3 N–H and O–H groups in total. The number of aliphatic imine (C=N–C) groups is 1. The van der Waals surface area contributed by atoms with Gasteiger partial charge in [-0.05, 0) is 51.1 Å². The molecule has 0 spiro atoms. The quantitative estimate of drug-likeness (QED) is 0.371. The molecule has 1 aromatic carbocycles. The summed E-state index contributed by atoms with van der Waals surface area (Å²) in [6.45, 7) is 3.41. The van der Waals surface area contributed by atoms with Crippen LogP contribution in [0.2, 0.25) is 0 Å². The first-order valence-corrected chi connectivity index (χ1v) is 9.27. The largest absolute Gasteiger partial charge is 0.493 e. The summed E-state index contributed by atoms with van der Waals surface area (Å²) < 4.78 is 51.0. The van der Waals surface area contributed by atoms with Gasteiger partial charge in [0.1, 0.15) is 17.8 Å². The SMILES string of the molecule is C/C=C\C(C#N)=NC(C)NC(CC(NNC)C(F)(F)F)c1ccc(OC)c(OC)c1. The number of alkyl halides is 3. The molecule has 0 saturated heterocycles. The molecule has 0 aliphatic rings. The van der Waals surface area contributed by atoms with Gasteiger partial charge in [0.2, 0.25) is 0 Å². The fourth-order valence-corrected chi connectivity index (χ4v) is 2.86. The van der Waals surface area contributed by atoms with E-state index in [-0.39, 0.29) is 12.1 Å². The van der Waals surface area contributed by atoms with Crippen molar-refractivity contribution in [1.29, 1.82) is 5.26 Å². The first-order valence-electron chi connectivity index (χ1n) is 9.27. The van der Waals surface area contributed by atoms with Crippen LogP contribution in [-0.4, -0.2) is 45.4 Å². The van der Waals surface area contributed by atoms with Gasteiger partial charge in [-0.1, -0.05) is 12.1 Å². The minimum Gasteiger partial charge on any atom is -0.493 e. The van der Waals surface area contributed by atoms with Crippen molar-refractivity contribution in [2.24, 2.45) is 4.99 Å². The number of hydrogen-bond acceptors (Lipinski definition) is 7. The van der Waals surface area contributed by atoms with E-state index in [9.17, 15) is 13.2 Å². The average molecular weight is 427 g/mol. The maximum absolute atomic E-state index is 13.5. The third-order valence-corrected chi connectivity index (χ3v) is 4.21. The first kappa shape index (κ1) is 25.4. The summed E-state index contributed by atoms with van der Waals surface area (Å²) in [5.41, 5.74) is 5.34. The van der Waals surface area contributed by atoms with E-state index in [1.807, 2.05) is 6.07 Å². The van der Waals surface area contributed by atoms with Crippen LogP contribution in [0.5, 0.6) is 11.5 Å². The summed E-state index contributed by atoms with van der Waals surface area (Å²) in [7, 11) is 4.31. The predicted molar refractivity (Wildman–Crippen MR) is 109 cm³/mol. The summed E-state index contributed by atoms with van der Waals surface area (Å²) in [4.78, 5) is 4.23. The molecule has 0 fully saturated rings. The summed E-state index contributed by atoms with van der Waals surface area (Å²) in [5, 5.41) is 12.2. The van der Waals surface area contributed by atoms with Gasteiger partial charge in [0.15, 0.2) is 11.5 Å². The Labute approximate surface area is 174 Å². The number of nitrogens with zero attached hydrogens (tertiary/aromatic N) is 2. The standard InChI is InChI=1S/C20H28F3N5O2/c1-6-7-15(12-24)26-13(2)27-16(11-19(28-25-3)20(21,22)23)14-8-9-17(29-4)18(10-14)30-5/h6-10,13,16,19,25,27-28H,11H2,1-5H3/b7-6-,26-15?. The zero-order valence-corrected chi connectivity index (χ0v) is 17.7. The Hall–Kier alpha value is -2.61. The second-order valence-corrected chi connectivity index (χ2v) is 6.36. The van der Waals surface area contributed by atoms with Crippen molar-refractivity contribution in [3.8, 4) is 17.6 Å². The van der Waals surface area contributed by atoms with E-state index in [1.54, 1.807) is 38.1 Å². The molecule has 0 bridgehead atoms. The predicted octanol–water partition coefficient (Wildman–Crippen LogP) is 3.27. The molecule has 0 aliphatic carbocycles. The molecule has 1 rings (SSSR count). The molecule has 166 valence electrons. The summed E-state index contributed by atoms with van der Waals surface area (Å²) in [6.07, 6.45) is -2.22. The van der Waals surface area contributed by atoms with Crippen LogP contribution in [0.4, 0.5) is 13.2 Å². The lowest BCUT2D eigenvalue weighted by Gasteiger charge is -2.29. The van der Waals surface area contributed by atoms with Gasteiger partial charge in [0.05, 0.1) is 20.4 Å². The van der Waals surface area contributed by atoms with Gasteiger partial charge in [-0.2, -0.15) is 18.4 Å². The smallest absolute Gasteiger partial charge is 0.405 e. The molecule has 0 amide bonds. The summed E-state index contributed by atoms with van der Waals surface area (Å²) in [5.74, 6) is 0.862. The van der Waals surface area contributed by atoms with Crippen LogP contribution in [0.3, 0.4) is 0 Å². The number of hydrogen-bond donors (Lipinski definition) is 3. The first-order chi connectivity index (χ1) is 14.2. The van der Waals surface area contributed by atoms with Crippen LogP contribution in [0.25, 0.3) is 0 Å². The summed E-state index contributed by atoms with van der Waals surface area (Å²) in [6, 6.07) is 4.30. The van der Waals surface area contributed by atoms with E-state index in [4.69, 9.17) is 14.7 Å². The highest BCUT2D eigenvalue weighted by atomic mass is 19.4. The molecule has 0 saturated carbocycles. The lowest BCUT2D eigenvalue weighted by atomic mass is 9.98. The van der Waals surface area contributed by atoms with Crippen molar-refractivity contribution in [3.05, 3.63) is 35.9 Å². The molecule has 3 unspecified atom stereocenters. The Morgan fingerprint density at radius 3 is 2.43 bits per heavy atom. The van der Waals surface area contributed by atoms with Gasteiger partial charge in [-0.3, -0.25) is 15.7 Å². The third kappa shape index (κ3) is 7.67. The number of ether oxygens (including phenoxy) is 2. The summed E-state index contributed by atoms with van der Waals surface area (Å²) >= 11 is 0. The molecule has 7 nitrogen and oxygen atoms in total. The van der Waals surface area contributed by atoms with Gasteiger partial charge in [-0.25, -0.2) is 5.43 Å². The minimum absolute atomic E-state index is 0.171. The van der Waals surface area contributed by atoms with Crippen molar-refractivity contribution in [2.75, 3.05) is 21.3 Å². The van der Waals surface area contributed by atoms with E-state index in [0.29, 0.717) is 17.1 Å². The second-order valence-electron chi connectivity index (χ2n) is 6.36. The number of hydrazine groups is 1. The Morgan fingerprint density at radius 1 is 1.27 bits per heavy atom. The number of halogens is 3. The van der Waals surface area contributed by atoms with Crippen molar-refractivity contribution in [2.45, 2.75) is 44.7 Å². The maximum Gasteiger partial charge on any atom is 0.405 e. The van der Waals surface area contributed by atoms with Crippen molar-refractivity contribution >= 4 is 5.71 Å². The molecule has 3 atom stereocenters. The third-order valence-electron chi connectivity index (χ3n) is 4.21. The van der Waals surface area contributed by atoms with Crippen LogP contribution < -0.4 is 25.6 Å². The van der Waals surface area contributed by atoms with Crippen LogP contribution in [0, 0.1) is 11.3 Å². The monoisotopic (exact) mass is 427 g/mol. The molecule has 10 heteroatoms. The van der Waals surface area contributed by atoms with Crippen molar-refractivity contribution < 1.29 is 22.6 Å². The maximum atomic E-state index is 13.5. The molecule has 0 aromatic heterocycles. The topological polar surface area (TPSA) is 90.7 Å². The van der Waals surface area contributed by atoms with E-state index >= 15 is 0 Å². The highest BCUT2D eigenvalue weighted by Gasteiger charge is 2.41. The Balaban J connectivity index is 3.30. The molecule has 0 radical (unpaired) electrons. The molecule has 1 aromatic rings. The van der Waals surface area contributed by atoms with Gasteiger partial charge in [0, 0.05) is 6.04 Å². The number of nitrogens with one attached hydrogen (secondary N) is 3. The highest BCUT2D eigenvalue weighted by Crippen LogP contribution is 2.33. The molecule has 0 heterocycles. The van der Waals surface area contributed by atoms with Crippen LogP contribution in [0.15, 0.2) is 35.3 Å². The van der Waals surface area contributed by atoms with E-state index in [0.717, 1.165) is 0 Å². The highest BCUT2D eigenvalue weighted by molar-refractivity contribution is 6.07. The average Bonchev–Trinajstić information content (AvgIpc) is 2.71. The zero-order valence-electron chi connectivity index (χ0n) is 17.7. The lowest BCUT2D eigenvalue weighted by Crippen LogP contribution is -2.50. The van der Waals surface area contributed by atoms with Gasteiger partial charge in [0.25, 0.3) is 0 Å². The van der Waals surface area contributed by atoms with Crippen LogP contribution in [-0.2, 0) is 0 Å². The normalized spacial score (nSPS) is 15.5. The number of rotatable bonds is 11. The van der Waals surface area contributed by atoms with Crippen molar-refractivity contribution in [3.63, 3.8) is 0 Å². The number of methoxy groups -OCH3 is 2. The van der Waals surface area contributed by atoms with E-state index < -0.39 is 24.4 Å². The number of nitriles is 1. The molecule has 0 aliphatic heterocycles. The fraction of sp³-hybridized carbons (Fsp3) is 0.500.